The van der Waals surface area contributed by atoms with Crippen molar-refractivity contribution in [2.24, 2.45) is 0 Å². The lowest BCUT2D eigenvalue weighted by Crippen LogP contribution is -2.74. The van der Waals surface area contributed by atoms with Crippen LogP contribution in [0.5, 0.6) is 28.7 Å². The number of likely N-dealkylation sites (N-methyl/N-ethyl adjacent to an activating group) is 2. The van der Waals surface area contributed by atoms with E-state index in [0.717, 1.165) is 67.1 Å². The van der Waals surface area contributed by atoms with Crippen molar-refractivity contribution < 1.29 is 86.0 Å². The van der Waals surface area contributed by atoms with Crippen LogP contribution < -0.4 is 34.3 Å². The standard InChI is InChI=1S/C47H47Cl3N4O9S.C35H37Cl3N4O9S/c1-23-14-26-15-33-35(17-51)54-34(39(53(33)4)37(26)24(2)40(23)59-5)16-46(58)38(42-41(62-22-63-42)25(3)43(46)55)36(54)18-60-44(56)32(52-45(57)61-21-47(48,49)50)20-64-19-31-29-12-8-6-10-27(29)28-11-7-9-13-30(28)31;1-14-7-18-8-20-21(9-39)42-22-10-47-33(44)19(40-34(45)48-12-35(36,37)38)11-52-32(27(42)26(41(20)5)23(18)15(2)28(14)46-6)25-24(22)31-30(49-13-50-31)16(3)29(25)51-17(4)43/h6-14,31-36,39,58H,15-16,18-22H2,1-5H3,(H,52,57);7,19-22,26-27,32H,8,10-13H2,1-6H3,(H,40,45)/t32?,33-,34?,35-,36-,39-,46?;19?,20-,21-,22-,26+,27?,32+/m00/s1. The molecule has 0 spiro atoms. The number of nitriles is 2. The van der Waals surface area contributed by atoms with Crippen LogP contribution in [0.25, 0.3) is 11.1 Å². The van der Waals surface area contributed by atoms with E-state index >= 15 is 0 Å². The third-order valence-corrected chi connectivity index (χ3v) is 27.5. The van der Waals surface area contributed by atoms with Crippen LogP contribution in [0, 0.1) is 57.3 Å². The van der Waals surface area contributed by atoms with Gasteiger partial charge in [-0.15, -0.1) is 11.8 Å². The van der Waals surface area contributed by atoms with Gasteiger partial charge in [0.15, 0.2) is 34.4 Å². The number of carbonyl (C=O) groups is 6. The number of alkyl carbamates (subject to hydrolysis) is 2. The van der Waals surface area contributed by atoms with E-state index in [4.69, 9.17) is 122 Å². The predicted octanol–water partition coefficient (Wildman–Crippen LogP) is 12.3. The van der Waals surface area contributed by atoms with Crippen molar-refractivity contribution >= 4 is 129 Å². The molecule has 5 aromatic rings. The molecule has 0 aromatic heterocycles. The number of aliphatic hydroxyl groups is 1. The summed E-state index contributed by atoms with van der Waals surface area (Å²) in [6.07, 6.45) is -0.906. The Morgan fingerprint density at radius 3 is 1.85 bits per heavy atom. The number of ketones is 1. The van der Waals surface area contributed by atoms with Crippen LogP contribution in [-0.4, -0.2) is 214 Å². The summed E-state index contributed by atoms with van der Waals surface area (Å²) in [6, 6.07) is 17.9. The van der Waals surface area contributed by atoms with Gasteiger partial charge in [0.25, 0.3) is 0 Å². The third kappa shape index (κ3) is 14.6. The van der Waals surface area contributed by atoms with Gasteiger partial charge >= 0.3 is 30.1 Å². The number of piperidine rings is 1. The van der Waals surface area contributed by atoms with Crippen LogP contribution >= 0.6 is 93.1 Å². The Balaban J connectivity index is 0.000000186. The number of aryl methyl sites for hydroxylation is 2. The fourth-order valence-corrected chi connectivity index (χ4v) is 22.9. The Morgan fingerprint density at radius 1 is 0.698 bits per heavy atom. The second-order valence-electron chi connectivity index (χ2n) is 30.7. The molecule has 34 heteroatoms. The van der Waals surface area contributed by atoms with Gasteiger partial charge in [-0.2, -0.15) is 22.3 Å². The molecule has 11 aliphatic rings. The number of rotatable bonds is 14. The number of piperazine rings is 2. The van der Waals surface area contributed by atoms with E-state index in [-0.39, 0.29) is 84.8 Å². The van der Waals surface area contributed by atoms with Crippen molar-refractivity contribution in [3.63, 3.8) is 0 Å². The lowest BCUT2D eigenvalue weighted by atomic mass is 9.64. The number of ether oxygens (including phenoxy) is 11. The molecule has 6 bridgehead atoms. The maximum atomic E-state index is 14.5. The van der Waals surface area contributed by atoms with Crippen LogP contribution in [0.1, 0.15) is 122 Å². The molecule has 14 atom stereocenters. The summed E-state index contributed by atoms with van der Waals surface area (Å²) < 4.78 is 60.5. The molecule has 5 aromatic carbocycles. The predicted molar refractivity (Wildman–Crippen MR) is 433 cm³/mol. The minimum atomic E-state index is -2.11. The zero-order valence-corrected chi connectivity index (χ0v) is 71.2. The highest BCUT2D eigenvalue weighted by Crippen LogP contribution is 2.65. The Hall–Kier alpha value is -7.78. The molecule has 2 amide bonds. The fraction of sp³-hybridized carbons (Fsp3) is 0.488. The number of alkyl halides is 6. The maximum Gasteiger partial charge on any atom is 0.408 e. The quantitative estimate of drug-likeness (QED) is 0.0402. The van der Waals surface area contributed by atoms with Gasteiger partial charge in [-0.3, -0.25) is 29.2 Å². The average Bonchev–Trinajstić information content (AvgIpc) is 0.905. The highest BCUT2D eigenvalue weighted by molar-refractivity contribution is 7.99. The zero-order chi connectivity index (χ0) is 82.8. The van der Waals surface area contributed by atoms with Crippen LogP contribution in [0.3, 0.4) is 0 Å². The molecule has 9 aliphatic heterocycles. The number of fused-ring (bicyclic) bond motifs is 20. The zero-order valence-electron chi connectivity index (χ0n) is 65.0. The van der Waals surface area contributed by atoms with Gasteiger partial charge in [0.05, 0.1) is 55.8 Å². The molecule has 26 nitrogen and oxygen atoms in total. The first-order valence-electron chi connectivity index (χ1n) is 37.7. The molecule has 0 saturated carbocycles. The highest BCUT2D eigenvalue weighted by Gasteiger charge is 2.66. The number of cyclic esters (lactones) is 1. The number of methoxy groups -OCH3 is 2. The number of nitrogens with one attached hydrogen (secondary N) is 2. The molecular formula is C82H84Cl6N8O18S2. The molecule has 5 fully saturated rings. The third-order valence-electron chi connectivity index (χ3n) is 24.3. The van der Waals surface area contributed by atoms with Gasteiger partial charge < -0.3 is 67.8 Å². The van der Waals surface area contributed by atoms with E-state index in [1.807, 2.05) is 64.0 Å². The minimum Gasteiger partial charge on any atom is -0.496 e. The van der Waals surface area contributed by atoms with E-state index in [1.165, 1.54) is 41.6 Å². The molecule has 5 saturated heterocycles. The van der Waals surface area contributed by atoms with Crippen molar-refractivity contribution in [2.45, 2.75) is 165 Å². The molecule has 0 radical (unpaired) electrons. The molecule has 9 heterocycles. The summed E-state index contributed by atoms with van der Waals surface area (Å²) in [4.78, 5) is 90.1. The van der Waals surface area contributed by atoms with E-state index in [9.17, 15) is 44.4 Å². The second-order valence-corrected chi connectivity index (χ2v) is 38.0. The molecule has 3 N–H and O–H groups in total. The smallest absolute Gasteiger partial charge is 0.408 e. The summed E-state index contributed by atoms with van der Waals surface area (Å²) in [6.45, 7) is 10.8. The van der Waals surface area contributed by atoms with Crippen molar-refractivity contribution in [3.8, 4) is 52.0 Å². The summed E-state index contributed by atoms with van der Waals surface area (Å²) in [5, 5.41) is 39.6. The summed E-state index contributed by atoms with van der Waals surface area (Å²) in [5.41, 5.74) is 13.0. The maximum absolute atomic E-state index is 14.5. The normalized spacial score (nSPS) is 26.9. The lowest BCUT2D eigenvalue weighted by molar-refractivity contribution is -0.159. The van der Waals surface area contributed by atoms with Crippen molar-refractivity contribution in [1.29, 1.82) is 10.5 Å². The largest absolute Gasteiger partial charge is 0.496 e. The van der Waals surface area contributed by atoms with Crippen LogP contribution in [0.15, 0.2) is 83.3 Å². The number of thioether (sulfide) groups is 2. The first-order valence-corrected chi connectivity index (χ1v) is 42.2. The van der Waals surface area contributed by atoms with Gasteiger partial charge in [0.1, 0.15) is 67.8 Å². The Labute approximate surface area is 708 Å². The van der Waals surface area contributed by atoms with Gasteiger partial charge in [0, 0.05) is 88.5 Å². The Kier molecular flexibility index (Phi) is 23.3. The molecule has 614 valence electrons. The first-order chi connectivity index (χ1) is 55.2. The molecule has 5 unspecified atom stereocenters. The summed E-state index contributed by atoms with van der Waals surface area (Å²) in [7, 11) is 7.29. The first kappa shape index (κ1) is 83.3. The van der Waals surface area contributed by atoms with Gasteiger partial charge in [-0.1, -0.05) is 130 Å². The number of esters is 3. The number of Topliss-reactive ketones (excluding diaryl/α,β-unsaturated/α-hetero) is 1. The van der Waals surface area contributed by atoms with Gasteiger partial charge in [-0.05, 0) is 135 Å². The number of carbonyl (C=O) groups excluding carboxylic acids is 6. The Morgan fingerprint density at radius 2 is 1.26 bits per heavy atom. The summed E-state index contributed by atoms with van der Waals surface area (Å²) >= 11 is 37.8. The summed E-state index contributed by atoms with van der Waals surface area (Å²) in [5.74, 6) is 1.16. The SMILES string of the molecule is COc1c(C)cc2c(c1C)[C@@H]1C3CC4(O)C(=O)C(C)=C5OCOC5=C4[C@H](COC(=O)C(CSCC4c5ccccc5-c5ccccc54)NC(=O)OCC(Cl)(Cl)Cl)N3[C@@H](C#N)[C@H](C2)N1C.COc1c(C)cc2c(c1C)[C@@H]1C3[C@@H]4SCC(NC(=O)OCC(Cl)(Cl)Cl)C(=O)OC[C@@H](c5c6c(c(C)c(OC(C)=O)c54)OCO6)N3[C@@H](C#N)[C@H](C2)N1C. The number of hydrogen-bond acceptors (Lipinski definition) is 26. The number of hydrogen-bond donors (Lipinski definition) is 3. The van der Waals surface area contributed by atoms with Crippen molar-refractivity contribution in [1.82, 2.24) is 30.2 Å². The topological polar surface area (TPSA) is 309 Å². The molecule has 2 aliphatic carbocycles. The van der Waals surface area contributed by atoms with E-state index in [2.05, 4.69) is 80.8 Å². The van der Waals surface area contributed by atoms with Crippen molar-refractivity contribution in [2.75, 3.05) is 85.6 Å². The van der Waals surface area contributed by atoms with Crippen LogP contribution in [-0.2, 0) is 60.4 Å². The molecule has 116 heavy (non-hydrogen) atoms. The lowest BCUT2D eigenvalue weighted by Gasteiger charge is -2.62. The van der Waals surface area contributed by atoms with Crippen LogP contribution in [0.4, 0.5) is 9.59 Å². The van der Waals surface area contributed by atoms with E-state index in [0.29, 0.717) is 52.5 Å². The fourth-order valence-electron chi connectivity index (χ4n) is 19.9. The van der Waals surface area contributed by atoms with E-state index < -0.39 is 129 Å². The number of benzene rings is 5. The monoisotopic (exact) mass is 1740 g/mol. The van der Waals surface area contributed by atoms with Crippen LogP contribution in [0.2, 0.25) is 0 Å². The number of halogens is 6. The molecule has 16 rings (SSSR count). The van der Waals surface area contributed by atoms with E-state index in [1.54, 1.807) is 28.1 Å². The average molecular weight is 1750 g/mol. The van der Waals surface area contributed by atoms with Gasteiger partial charge in [0.2, 0.25) is 21.2 Å². The van der Waals surface area contributed by atoms with Crippen molar-refractivity contribution in [3.05, 3.63) is 156 Å². The number of amides is 2. The highest BCUT2D eigenvalue weighted by atomic mass is 35.6. The Bertz CT molecular complexity index is 5020. The van der Waals surface area contributed by atoms with Gasteiger partial charge in [-0.25, -0.2) is 19.2 Å². The molecular weight excluding hydrogens is 1660 g/mol. The minimum absolute atomic E-state index is 0.00789. The number of nitrogens with zero attached hydrogens (tertiary/aromatic N) is 6. The second kappa shape index (κ2) is 32.4.